The molecule has 1 aromatic carbocycles. The van der Waals surface area contributed by atoms with Crippen LogP contribution in [0.4, 0.5) is 0 Å². The van der Waals surface area contributed by atoms with Gasteiger partial charge < -0.3 is 15.5 Å². The molecule has 0 heterocycles. The van der Waals surface area contributed by atoms with Crippen molar-refractivity contribution in [2.75, 3.05) is 32.7 Å². The largest absolute Gasteiger partial charge is 0.357 e. The van der Waals surface area contributed by atoms with Gasteiger partial charge in [-0.05, 0) is 64.7 Å². The minimum absolute atomic E-state index is 0. The van der Waals surface area contributed by atoms with E-state index in [1.807, 2.05) is 0 Å². The van der Waals surface area contributed by atoms with Gasteiger partial charge in [0.15, 0.2) is 5.96 Å². The first-order valence-corrected chi connectivity index (χ1v) is 10.0. The van der Waals surface area contributed by atoms with Crippen molar-refractivity contribution in [3.63, 3.8) is 0 Å². The summed E-state index contributed by atoms with van der Waals surface area (Å²) in [7, 11) is 0. The quantitative estimate of drug-likeness (QED) is 0.205. The molecule has 0 aliphatic rings. The molecule has 5 heteroatoms. The number of hydrogen-bond acceptors (Lipinski definition) is 2. The predicted molar refractivity (Wildman–Crippen MR) is 126 cm³/mol. The van der Waals surface area contributed by atoms with Crippen LogP contribution in [0.1, 0.15) is 52.5 Å². The smallest absolute Gasteiger partial charge is 0.191 e. The molecule has 1 aromatic rings. The average Bonchev–Trinajstić information content (AvgIpc) is 2.64. The van der Waals surface area contributed by atoms with Crippen molar-refractivity contribution in [2.24, 2.45) is 4.99 Å². The standard InChI is InChI=1S/C21H38N4.HI/c1-5-22-21(23-17-11-12-18-25(6-2)7-3)24-19(4)15-16-20-13-9-8-10-14-20;/h8-10,13-14,19H,5-7,11-12,15-18H2,1-4H3,(H2,22,23,24);1H. The Morgan fingerprint density at radius 2 is 1.77 bits per heavy atom. The van der Waals surface area contributed by atoms with Gasteiger partial charge in [0, 0.05) is 19.1 Å². The lowest BCUT2D eigenvalue weighted by Crippen LogP contribution is -2.42. The number of nitrogens with zero attached hydrogens (tertiary/aromatic N) is 2. The van der Waals surface area contributed by atoms with Crippen molar-refractivity contribution >= 4 is 29.9 Å². The number of guanidine groups is 1. The lowest BCUT2D eigenvalue weighted by Gasteiger charge is -2.18. The topological polar surface area (TPSA) is 39.7 Å². The molecule has 1 rings (SSSR count). The number of benzene rings is 1. The van der Waals surface area contributed by atoms with Crippen LogP contribution in [0.2, 0.25) is 0 Å². The number of aryl methyl sites for hydroxylation is 1. The molecule has 0 fully saturated rings. The van der Waals surface area contributed by atoms with Crippen LogP contribution in [-0.2, 0) is 6.42 Å². The van der Waals surface area contributed by atoms with Crippen LogP contribution in [0.15, 0.2) is 35.3 Å². The monoisotopic (exact) mass is 474 g/mol. The number of unbranched alkanes of at least 4 members (excludes halogenated alkanes) is 1. The van der Waals surface area contributed by atoms with Gasteiger partial charge in [-0.15, -0.1) is 24.0 Å². The minimum atomic E-state index is 0. The first-order valence-electron chi connectivity index (χ1n) is 10.0. The molecular weight excluding hydrogens is 435 g/mol. The van der Waals surface area contributed by atoms with E-state index >= 15 is 0 Å². The Hall–Kier alpha value is -0.820. The Kier molecular flexibility index (Phi) is 15.8. The highest BCUT2D eigenvalue weighted by atomic mass is 127. The summed E-state index contributed by atoms with van der Waals surface area (Å²) >= 11 is 0. The second kappa shape index (κ2) is 16.4. The average molecular weight is 474 g/mol. The van der Waals surface area contributed by atoms with Crippen LogP contribution in [0.5, 0.6) is 0 Å². The molecular formula is C21H39IN4. The summed E-state index contributed by atoms with van der Waals surface area (Å²) < 4.78 is 0. The van der Waals surface area contributed by atoms with E-state index in [0.717, 1.165) is 51.4 Å². The Morgan fingerprint density at radius 1 is 1.08 bits per heavy atom. The van der Waals surface area contributed by atoms with Gasteiger partial charge in [-0.1, -0.05) is 44.2 Å². The van der Waals surface area contributed by atoms with Crippen molar-refractivity contribution in [3.8, 4) is 0 Å². The fourth-order valence-corrected chi connectivity index (χ4v) is 2.83. The molecule has 2 N–H and O–H groups in total. The van der Waals surface area contributed by atoms with Gasteiger partial charge in [0.1, 0.15) is 0 Å². The summed E-state index contributed by atoms with van der Waals surface area (Å²) in [5.74, 6) is 0.950. The normalized spacial score (nSPS) is 12.6. The van der Waals surface area contributed by atoms with Crippen LogP contribution in [0.3, 0.4) is 0 Å². The van der Waals surface area contributed by atoms with Gasteiger partial charge in [-0.3, -0.25) is 4.99 Å². The highest BCUT2D eigenvalue weighted by Crippen LogP contribution is 2.04. The molecule has 150 valence electrons. The van der Waals surface area contributed by atoms with E-state index in [1.165, 1.54) is 18.5 Å². The van der Waals surface area contributed by atoms with Gasteiger partial charge in [0.2, 0.25) is 0 Å². The van der Waals surface area contributed by atoms with E-state index in [-0.39, 0.29) is 24.0 Å². The number of halogens is 1. The fraction of sp³-hybridized carbons (Fsp3) is 0.667. The van der Waals surface area contributed by atoms with Gasteiger partial charge in [0.25, 0.3) is 0 Å². The lowest BCUT2D eigenvalue weighted by atomic mass is 10.1. The predicted octanol–water partition coefficient (Wildman–Crippen LogP) is 4.30. The SMILES string of the molecule is CCNC(=NCCCCN(CC)CC)NC(C)CCc1ccccc1.I. The van der Waals surface area contributed by atoms with E-state index < -0.39 is 0 Å². The molecule has 0 aliphatic heterocycles. The third-order valence-electron chi connectivity index (χ3n) is 4.48. The zero-order valence-electron chi connectivity index (χ0n) is 17.1. The molecule has 0 aromatic heterocycles. The zero-order chi connectivity index (χ0) is 18.3. The first kappa shape index (κ1) is 25.2. The van der Waals surface area contributed by atoms with E-state index in [1.54, 1.807) is 0 Å². The maximum absolute atomic E-state index is 4.73. The molecule has 0 radical (unpaired) electrons. The number of rotatable bonds is 12. The molecule has 0 aliphatic carbocycles. The van der Waals surface area contributed by atoms with Crippen molar-refractivity contribution in [1.82, 2.24) is 15.5 Å². The fourth-order valence-electron chi connectivity index (χ4n) is 2.83. The number of hydrogen-bond donors (Lipinski definition) is 2. The van der Waals surface area contributed by atoms with Gasteiger partial charge >= 0.3 is 0 Å². The van der Waals surface area contributed by atoms with Crippen molar-refractivity contribution in [1.29, 1.82) is 0 Å². The van der Waals surface area contributed by atoms with E-state index in [0.29, 0.717) is 6.04 Å². The van der Waals surface area contributed by atoms with Crippen molar-refractivity contribution in [3.05, 3.63) is 35.9 Å². The Balaban J connectivity index is 0.00000625. The molecule has 4 nitrogen and oxygen atoms in total. The molecule has 0 saturated carbocycles. The number of aliphatic imine (C=N–C) groups is 1. The first-order chi connectivity index (χ1) is 12.2. The summed E-state index contributed by atoms with van der Waals surface area (Å²) in [4.78, 5) is 7.20. The van der Waals surface area contributed by atoms with Gasteiger partial charge in [-0.25, -0.2) is 0 Å². The molecule has 1 unspecified atom stereocenters. The maximum atomic E-state index is 4.73. The summed E-state index contributed by atoms with van der Waals surface area (Å²) in [6, 6.07) is 11.1. The lowest BCUT2D eigenvalue weighted by molar-refractivity contribution is 0.297. The zero-order valence-corrected chi connectivity index (χ0v) is 19.5. The van der Waals surface area contributed by atoms with Gasteiger partial charge in [0.05, 0.1) is 0 Å². The second-order valence-electron chi connectivity index (χ2n) is 6.56. The molecule has 0 amide bonds. The van der Waals surface area contributed by atoms with Crippen LogP contribution in [0, 0.1) is 0 Å². The van der Waals surface area contributed by atoms with E-state index in [4.69, 9.17) is 4.99 Å². The maximum Gasteiger partial charge on any atom is 0.191 e. The van der Waals surface area contributed by atoms with Crippen LogP contribution < -0.4 is 10.6 Å². The Bertz CT molecular complexity index is 460. The Labute approximate surface area is 178 Å². The molecule has 0 saturated heterocycles. The summed E-state index contributed by atoms with van der Waals surface area (Å²) in [6.07, 6.45) is 4.56. The third-order valence-corrected chi connectivity index (χ3v) is 4.48. The van der Waals surface area contributed by atoms with Crippen molar-refractivity contribution < 1.29 is 0 Å². The number of nitrogens with one attached hydrogen (secondary N) is 2. The Morgan fingerprint density at radius 3 is 2.38 bits per heavy atom. The molecule has 0 spiro atoms. The minimum Gasteiger partial charge on any atom is -0.357 e. The van der Waals surface area contributed by atoms with Crippen molar-refractivity contribution in [2.45, 2.75) is 59.4 Å². The highest BCUT2D eigenvalue weighted by Gasteiger charge is 2.05. The van der Waals surface area contributed by atoms with Crippen LogP contribution in [-0.4, -0.2) is 49.6 Å². The molecule has 1 atom stereocenters. The summed E-state index contributed by atoms with van der Waals surface area (Å²) in [5, 5.41) is 6.90. The van der Waals surface area contributed by atoms with Gasteiger partial charge in [-0.2, -0.15) is 0 Å². The highest BCUT2D eigenvalue weighted by molar-refractivity contribution is 14.0. The van der Waals surface area contributed by atoms with Crippen LogP contribution >= 0.6 is 24.0 Å². The third kappa shape index (κ3) is 11.7. The molecule has 0 bridgehead atoms. The van der Waals surface area contributed by atoms with E-state index in [9.17, 15) is 0 Å². The summed E-state index contributed by atoms with van der Waals surface area (Å²) in [5.41, 5.74) is 1.40. The van der Waals surface area contributed by atoms with Crippen LogP contribution in [0.25, 0.3) is 0 Å². The summed E-state index contributed by atoms with van der Waals surface area (Å²) in [6.45, 7) is 14.1. The second-order valence-corrected chi connectivity index (χ2v) is 6.56. The molecule has 26 heavy (non-hydrogen) atoms. The van der Waals surface area contributed by atoms with E-state index in [2.05, 4.69) is 73.6 Å².